The average molecular weight is 584 g/mol. The zero-order valence-corrected chi connectivity index (χ0v) is 22.9. The van der Waals surface area contributed by atoms with Gasteiger partial charge in [0.1, 0.15) is 18.3 Å². The maximum absolute atomic E-state index is 14.4. The van der Waals surface area contributed by atoms with Gasteiger partial charge in [-0.05, 0) is 67.4 Å². The number of pyridine rings is 1. The van der Waals surface area contributed by atoms with Gasteiger partial charge in [-0.2, -0.15) is 13.2 Å². The molecule has 2 aromatic carbocycles. The van der Waals surface area contributed by atoms with Crippen molar-refractivity contribution < 1.29 is 36.9 Å². The van der Waals surface area contributed by atoms with Crippen molar-refractivity contribution in [1.82, 2.24) is 10.3 Å². The minimum atomic E-state index is -4.78. The molecule has 2 atom stereocenters. The van der Waals surface area contributed by atoms with Crippen LogP contribution in [0.3, 0.4) is 0 Å². The summed E-state index contributed by atoms with van der Waals surface area (Å²) in [4.78, 5) is 17.1. The summed E-state index contributed by atoms with van der Waals surface area (Å²) in [6, 6.07) is 10.7. The molecule has 0 aliphatic rings. The minimum absolute atomic E-state index is 0.00672. The molecule has 1 aromatic heterocycles. The van der Waals surface area contributed by atoms with Crippen LogP contribution < -0.4 is 20.5 Å². The van der Waals surface area contributed by atoms with E-state index < -0.39 is 35.9 Å². The number of hydrogen-bond donors (Lipinski definition) is 3. The van der Waals surface area contributed by atoms with Crippen LogP contribution in [0.15, 0.2) is 48.5 Å². The number of carbonyl (C=O) groups is 1. The van der Waals surface area contributed by atoms with E-state index in [2.05, 4.69) is 10.3 Å². The first-order chi connectivity index (χ1) is 18.8. The fourth-order valence-corrected chi connectivity index (χ4v) is 4.02. The zero-order valence-electron chi connectivity index (χ0n) is 22.1. The van der Waals surface area contributed by atoms with Crippen molar-refractivity contribution in [3.05, 3.63) is 76.2 Å². The van der Waals surface area contributed by atoms with Crippen LogP contribution in [0.25, 0.3) is 11.3 Å². The summed E-state index contributed by atoms with van der Waals surface area (Å²) in [6.07, 6.45) is -4.37. The van der Waals surface area contributed by atoms with Crippen molar-refractivity contribution in [3.63, 3.8) is 0 Å². The highest BCUT2D eigenvalue weighted by Gasteiger charge is 2.42. The smallest absolute Gasteiger partial charge is 0.398 e. The van der Waals surface area contributed by atoms with Crippen LogP contribution in [0.5, 0.6) is 11.5 Å². The van der Waals surface area contributed by atoms with Crippen molar-refractivity contribution in [1.29, 1.82) is 0 Å². The molecule has 7 nitrogen and oxygen atoms in total. The lowest BCUT2D eigenvalue weighted by Gasteiger charge is -2.27. The molecule has 0 spiro atoms. The van der Waals surface area contributed by atoms with Gasteiger partial charge < -0.3 is 25.6 Å². The van der Waals surface area contributed by atoms with Crippen molar-refractivity contribution in [2.45, 2.75) is 37.9 Å². The highest BCUT2D eigenvalue weighted by atomic mass is 35.5. The van der Waals surface area contributed by atoms with Gasteiger partial charge in [-0.3, -0.25) is 9.78 Å². The van der Waals surface area contributed by atoms with Gasteiger partial charge in [0.25, 0.3) is 5.91 Å². The van der Waals surface area contributed by atoms with E-state index in [0.29, 0.717) is 17.5 Å². The van der Waals surface area contributed by atoms with E-state index in [4.69, 9.17) is 31.9 Å². The Labute approximate surface area is 234 Å². The van der Waals surface area contributed by atoms with Crippen molar-refractivity contribution in [2.24, 2.45) is 5.73 Å². The number of hydrogen-bond acceptors (Lipinski definition) is 6. The van der Waals surface area contributed by atoms with Gasteiger partial charge in [0.15, 0.2) is 11.5 Å². The summed E-state index contributed by atoms with van der Waals surface area (Å²) < 4.78 is 67.3. The summed E-state index contributed by atoms with van der Waals surface area (Å²) >= 11 is 5.91. The quantitative estimate of drug-likeness (QED) is 0.254. The number of nitrogens with two attached hydrogens (primary N) is 1. The first kappa shape index (κ1) is 31.1. The number of carbonyl (C=O) groups excluding carboxylic acids is 1. The van der Waals surface area contributed by atoms with Crippen LogP contribution >= 0.6 is 11.6 Å². The molecule has 1 amide bonds. The first-order valence-electron chi connectivity index (χ1n) is 12.3. The molecule has 0 aliphatic heterocycles. The van der Waals surface area contributed by atoms with Gasteiger partial charge in [-0.25, -0.2) is 4.39 Å². The third kappa shape index (κ3) is 7.41. The molecular formula is C28H30ClF4N3O4. The minimum Gasteiger partial charge on any atom is -0.493 e. The molecule has 4 N–H and O–H groups in total. The summed E-state index contributed by atoms with van der Waals surface area (Å²) in [5, 5.41) is 11.1. The second-order valence-corrected chi connectivity index (χ2v) is 9.71. The number of methoxy groups -OCH3 is 1. The Bertz CT molecular complexity index is 1350. The third-order valence-corrected chi connectivity index (χ3v) is 6.74. The molecule has 216 valence electrons. The predicted octanol–water partition coefficient (Wildman–Crippen LogP) is 5.58. The lowest BCUT2D eigenvalue weighted by Crippen LogP contribution is -2.36. The number of aliphatic hydroxyl groups excluding tert-OH is 1. The number of amides is 1. The van der Waals surface area contributed by atoms with Crippen molar-refractivity contribution >= 4 is 17.5 Å². The van der Waals surface area contributed by atoms with Crippen molar-refractivity contribution in [2.75, 3.05) is 26.9 Å². The maximum atomic E-state index is 14.4. The molecule has 0 aliphatic carbocycles. The normalized spacial score (nSPS) is 13.8. The van der Waals surface area contributed by atoms with E-state index in [1.807, 2.05) is 0 Å². The van der Waals surface area contributed by atoms with Crippen LogP contribution in [-0.4, -0.2) is 49.0 Å². The number of alkyl halides is 3. The first-order valence-corrected chi connectivity index (χ1v) is 12.7. The van der Waals surface area contributed by atoms with Crippen LogP contribution in [0, 0.1) is 5.82 Å². The van der Waals surface area contributed by atoms with E-state index >= 15 is 0 Å². The molecule has 12 heteroatoms. The fraction of sp³-hybridized carbons (Fsp3) is 0.357. The number of benzene rings is 2. The lowest BCUT2D eigenvalue weighted by molar-refractivity contribution is -0.149. The Balaban J connectivity index is 1.98. The molecular weight excluding hydrogens is 554 g/mol. The molecule has 1 heterocycles. The number of nitrogens with zero attached hydrogens (tertiary/aromatic N) is 1. The Morgan fingerprint density at radius 2 is 1.88 bits per heavy atom. The maximum Gasteiger partial charge on any atom is 0.398 e. The lowest BCUT2D eigenvalue weighted by atomic mass is 9.88. The number of aliphatic hydroxyl groups is 1. The second kappa shape index (κ2) is 12.8. The molecule has 3 rings (SSSR count). The monoisotopic (exact) mass is 583 g/mol. The Morgan fingerprint density at radius 3 is 2.48 bits per heavy atom. The topological polar surface area (TPSA) is 107 Å². The third-order valence-electron chi connectivity index (χ3n) is 6.45. The summed E-state index contributed by atoms with van der Waals surface area (Å²) in [6.45, 7) is 2.41. The van der Waals surface area contributed by atoms with Crippen LogP contribution in [0.4, 0.5) is 17.6 Å². The van der Waals surface area contributed by atoms with Crippen LogP contribution in [0.2, 0.25) is 5.02 Å². The molecule has 3 aromatic rings. The number of rotatable bonds is 11. The van der Waals surface area contributed by atoms with Gasteiger partial charge >= 0.3 is 6.18 Å². The summed E-state index contributed by atoms with van der Waals surface area (Å²) in [5.41, 5.74) is 5.89. The summed E-state index contributed by atoms with van der Waals surface area (Å²) in [5.74, 6) is -3.21. The number of aromatic nitrogens is 1. The van der Waals surface area contributed by atoms with Gasteiger partial charge in [0.05, 0.1) is 30.1 Å². The highest BCUT2D eigenvalue weighted by molar-refractivity contribution is 6.31. The van der Waals surface area contributed by atoms with Gasteiger partial charge in [0.2, 0.25) is 0 Å². The van der Waals surface area contributed by atoms with E-state index in [9.17, 15) is 22.4 Å². The van der Waals surface area contributed by atoms with E-state index in [-0.39, 0.29) is 46.7 Å². The molecule has 2 unspecified atom stereocenters. The molecule has 0 bridgehead atoms. The molecule has 40 heavy (non-hydrogen) atoms. The van der Waals surface area contributed by atoms with E-state index in [1.54, 1.807) is 19.9 Å². The van der Waals surface area contributed by atoms with E-state index in [1.165, 1.54) is 43.5 Å². The van der Waals surface area contributed by atoms with Gasteiger partial charge in [-0.1, -0.05) is 18.5 Å². The fourth-order valence-electron chi connectivity index (χ4n) is 3.84. The van der Waals surface area contributed by atoms with Crippen LogP contribution in [-0.2, 0) is 5.54 Å². The zero-order chi connectivity index (χ0) is 29.7. The molecule has 0 saturated heterocycles. The molecule has 0 fully saturated rings. The molecule has 0 saturated carbocycles. The number of halogens is 5. The average Bonchev–Trinajstić information content (AvgIpc) is 2.92. The highest BCUT2D eigenvalue weighted by Crippen LogP contribution is 2.37. The predicted molar refractivity (Wildman–Crippen MR) is 143 cm³/mol. The number of ether oxygens (including phenoxy) is 2. The molecule has 0 radical (unpaired) electrons. The van der Waals surface area contributed by atoms with Crippen LogP contribution in [0.1, 0.15) is 47.8 Å². The Kier molecular flexibility index (Phi) is 9.99. The van der Waals surface area contributed by atoms with Gasteiger partial charge in [-0.15, -0.1) is 0 Å². The van der Waals surface area contributed by atoms with E-state index in [0.717, 1.165) is 6.07 Å². The Hall–Kier alpha value is -3.41. The standard InChI is InChI=1S/C28H30ClF4N3O4/c1-4-27(2,34)18-13-22(16-5-7-21(30)20(29)11-16)36-23(14-18)19(28(31,32)33)15-35-26(38)17-6-8-24(40-10-9-37)25(12-17)39-3/h5-8,11-14,19,37H,4,9-10,15,34H2,1-3H3,(H,35,38). The summed E-state index contributed by atoms with van der Waals surface area (Å²) in [7, 11) is 1.34. The van der Waals surface area contributed by atoms with Crippen molar-refractivity contribution in [3.8, 4) is 22.8 Å². The van der Waals surface area contributed by atoms with Gasteiger partial charge in [0, 0.05) is 23.2 Å². The largest absolute Gasteiger partial charge is 0.493 e. The number of nitrogens with one attached hydrogen (secondary N) is 1. The Morgan fingerprint density at radius 1 is 1.15 bits per heavy atom. The second-order valence-electron chi connectivity index (χ2n) is 9.31. The SMILES string of the molecule is CCC(C)(N)c1cc(-c2ccc(F)c(Cl)c2)nc(C(CNC(=O)c2ccc(OCCO)c(OC)c2)C(F)(F)F)c1.